The van der Waals surface area contributed by atoms with Crippen molar-refractivity contribution in [3.05, 3.63) is 83.9 Å². The van der Waals surface area contributed by atoms with Crippen LogP contribution in [0.15, 0.2) is 67.3 Å². The molecule has 0 spiro atoms. The quantitative estimate of drug-likeness (QED) is 0.356. The van der Waals surface area contributed by atoms with Gasteiger partial charge in [0, 0.05) is 22.8 Å². The molecule has 2 aromatic rings. The third-order valence-electron chi connectivity index (χ3n) is 3.32. The Labute approximate surface area is 136 Å². The van der Waals surface area contributed by atoms with Crippen LogP contribution in [0.25, 0.3) is 0 Å². The fraction of sp³-hybridized carbons (Fsp3) is 0.158. The number of rotatable bonds is 6. The second kappa shape index (κ2) is 7.03. The molecule has 0 saturated heterocycles. The highest BCUT2D eigenvalue weighted by Gasteiger charge is 2.21. The van der Waals surface area contributed by atoms with Crippen LogP contribution in [0.2, 0.25) is 0 Å². The Kier molecular flexibility index (Phi) is 5.09. The van der Waals surface area contributed by atoms with E-state index in [1.807, 2.05) is 30.3 Å². The van der Waals surface area contributed by atoms with E-state index in [0.29, 0.717) is 17.7 Å². The summed E-state index contributed by atoms with van der Waals surface area (Å²) in [6.45, 7) is 3.89. The van der Waals surface area contributed by atoms with Gasteiger partial charge in [-0.15, -0.1) is 4.65 Å². The minimum atomic E-state index is -0.467. The topological polar surface area (TPSA) is 43.4 Å². The average Bonchev–Trinajstić information content (AvgIpc) is 2.54. The van der Waals surface area contributed by atoms with Gasteiger partial charge in [-0.05, 0) is 0 Å². The van der Waals surface area contributed by atoms with Gasteiger partial charge in [-0.2, -0.15) is 0 Å². The predicted octanol–water partition coefficient (Wildman–Crippen LogP) is 3.14. The van der Waals surface area contributed by atoms with Gasteiger partial charge in [-0.1, -0.05) is 61.2 Å². The van der Waals surface area contributed by atoms with Crippen LogP contribution in [-0.4, -0.2) is 30.5 Å². The molecule has 4 heteroatoms. The van der Waals surface area contributed by atoms with E-state index in [1.165, 1.54) is 0 Å². The van der Waals surface area contributed by atoms with Crippen molar-refractivity contribution >= 4 is 11.8 Å². The van der Waals surface area contributed by atoms with Crippen LogP contribution in [0.4, 0.5) is 0 Å². The largest absolute Gasteiger partial charge is 0.389 e. The van der Waals surface area contributed by atoms with Crippen molar-refractivity contribution in [2.24, 2.45) is 0 Å². The van der Waals surface area contributed by atoms with E-state index in [4.69, 9.17) is 4.84 Å². The SMILES string of the molecule is C=CC(=O)O[N+](C)(C)Cc1ccc(C(=O)c2ccccc2)cc1. The highest BCUT2D eigenvalue weighted by molar-refractivity contribution is 6.08. The van der Waals surface area contributed by atoms with Crippen LogP contribution in [0.1, 0.15) is 21.5 Å². The maximum Gasteiger partial charge on any atom is 0.389 e. The average molecular weight is 310 g/mol. The molecule has 0 unspecified atom stereocenters. The van der Waals surface area contributed by atoms with Crippen LogP contribution in [0, 0.1) is 0 Å². The van der Waals surface area contributed by atoms with Crippen LogP contribution >= 0.6 is 0 Å². The van der Waals surface area contributed by atoms with E-state index in [1.54, 1.807) is 38.4 Å². The summed E-state index contributed by atoms with van der Waals surface area (Å²) in [6.07, 6.45) is 1.14. The molecule has 0 aliphatic rings. The minimum Gasteiger partial charge on any atom is -0.289 e. The molecule has 0 saturated carbocycles. The maximum atomic E-state index is 12.3. The first-order valence-corrected chi connectivity index (χ1v) is 7.29. The summed E-state index contributed by atoms with van der Waals surface area (Å²) in [5.74, 6) is -0.477. The number of hydroxylamine groups is 3. The molecule has 0 bridgehead atoms. The number of hydrogen-bond acceptors (Lipinski definition) is 3. The van der Waals surface area contributed by atoms with Gasteiger partial charge in [0.1, 0.15) is 20.6 Å². The van der Waals surface area contributed by atoms with Crippen molar-refractivity contribution in [2.75, 3.05) is 14.1 Å². The lowest BCUT2D eigenvalue weighted by Crippen LogP contribution is -2.40. The third-order valence-corrected chi connectivity index (χ3v) is 3.32. The zero-order chi connectivity index (χ0) is 16.9. The van der Waals surface area contributed by atoms with Crippen molar-refractivity contribution in [3.63, 3.8) is 0 Å². The van der Waals surface area contributed by atoms with E-state index < -0.39 is 5.97 Å². The number of nitrogens with zero attached hydrogens (tertiary/aromatic N) is 1. The van der Waals surface area contributed by atoms with Gasteiger partial charge in [0.15, 0.2) is 5.78 Å². The summed E-state index contributed by atoms with van der Waals surface area (Å²) >= 11 is 0. The molecule has 4 nitrogen and oxygen atoms in total. The molecule has 2 rings (SSSR count). The van der Waals surface area contributed by atoms with Crippen LogP contribution in [-0.2, 0) is 16.2 Å². The summed E-state index contributed by atoms with van der Waals surface area (Å²) in [7, 11) is 3.56. The monoisotopic (exact) mass is 310 g/mol. The van der Waals surface area contributed by atoms with Crippen molar-refractivity contribution in [1.82, 2.24) is 0 Å². The van der Waals surface area contributed by atoms with Crippen molar-refractivity contribution < 1.29 is 19.1 Å². The second-order valence-corrected chi connectivity index (χ2v) is 5.74. The number of hydrogen-bond donors (Lipinski definition) is 0. The van der Waals surface area contributed by atoms with Crippen molar-refractivity contribution in [1.29, 1.82) is 0 Å². The van der Waals surface area contributed by atoms with E-state index in [-0.39, 0.29) is 10.4 Å². The van der Waals surface area contributed by atoms with Gasteiger partial charge in [0.25, 0.3) is 0 Å². The molecule has 0 aliphatic heterocycles. The fourth-order valence-electron chi connectivity index (χ4n) is 2.27. The molecule has 0 N–H and O–H groups in total. The van der Waals surface area contributed by atoms with Crippen LogP contribution < -0.4 is 0 Å². The second-order valence-electron chi connectivity index (χ2n) is 5.74. The first kappa shape index (κ1) is 16.6. The molecule has 23 heavy (non-hydrogen) atoms. The van der Waals surface area contributed by atoms with E-state index in [2.05, 4.69) is 6.58 Å². The van der Waals surface area contributed by atoms with Gasteiger partial charge in [-0.25, -0.2) is 4.79 Å². The Morgan fingerprint density at radius 3 is 2.13 bits per heavy atom. The molecule has 0 aliphatic carbocycles. The first-order chi connectivity index (χ1) is 10.9. The number of benzene rings is 2. The summed E-state index contributed by atoms with van der Waals surface area (Å²) in [5, 5.41) is 0. The molecule has 0 aromatic heterocycles. The van der Waals surface area contributed by atoms with Crippen molar-refractivity contribution in [2.45, 2.75) is 6.54 Å². The first-order valence-electron chi connectivity index (χ1n) is 7.29. The summed E-state index contributed by atoms with van der Waals surface area (Å²) in [4.78, 5) is 28.9. The molecule has 2 aromatic carbocycles. The number of carbonyl (C=O) groups excluding carboxylic acids is 2. The van der Waals surface area contributed by atoms with Gasteiger partial charge < -0.3 is 0 Å². The molecule has 0 radical (unpaired) electrons. The minimum absolute atomic E-state index is 0.0102. The molecule has 0 amide bonds. The lowest BCUT2D eigenvalue weighted by Gasteiger charge is -2.25. The smallest absolute Gasteiger partial charge is 0.289 e. The Morgan fingerprint density at radius 2 is 1.57 bits per heavy atom. The zero-order valence-corrected chi connectivity index (χ0v) is 13.4. The van der Waals surface area contributed by atoms with Gasteiger partial charge in [-0.3, -0.25) is 9.63 Å². The highest BCUT2D eigenvalue weighted by Crippen LogP contribution is 2.14. The Hall–Kier alpha value is -2.72. The van der Waals surface area contributed by atoms with Crippen LogP contribution in [0.3, 0.4) is 0 Å². The normalized spacial score (nSPS) is 10.9. The third kappa shape index (κ3) is 4.63. The molecular weight excluding hydrogens is 290 g/mol. The number of quaternary nitrogens is 1. The molecule has 0 atom stereocenters. The van der Waals surface area contributed by atoms with Gasteiger partial charge in [0.2, 0.25) is 0 Å². The standard InChI is InChI=1S/C19H20NO3/c1-4-18(21)23-20(2,3)14-15-10-12-17(13-11-15)19(22)16-8-6-5-7-9-16/h4-13H,1,14H2,2-3H3/q+1. The van der Waals surface area contributed by atoms with Crippen molar-refractivity contribution in [3.8, 4) is 0 Å². The molecule has 0 fully saturated rings. The van der Waals surface area contributed by atoms with E-state index in [0.717, 1.165) is 11.6 Å². The predicted molar refractivity (Wildman–Crippen MR) is 88.4 cm³/mol. The maximum absolute atomic E-state index is 12.3. The summed E-state index contributed by atoms with van der Waals surface area (Å²) in [5.41, 5.74) is 2.26. The Bertz CT molecular complexity index is 703. The lowest BCUT2D eigenvalue weighted by atomic mass is 10.0. The lowest BCUT2D eigenvalue weighted by molar-refractivity contribution is -1.07. The number of ketones is 1. The zero-order valence-electron chi connectivity index (χ0n) is 13.4. The number of carbonyl (C=O) groups is 2. The van der Waals surface area contributed by atoms with Gasteiger partial charge in [0.05, 0.1) is 0 Å². The van der Waals surface area contributed by atoms with Crippen LogP contribution in [0.5, 0.6) is 0 Å². The van der Waals surface area contributed by atoms with Gasteiger partial charge >= 0.3 is 5.97 Å². The highest BCUT2D eigenvalue weighted by atomic mass is 16.7. The Balaban J connectivity index is 2.09. The fourth-order valence-corrected chi connectivity index (χ4v) is 2.27. The van der Waals surface area contributed by atoms with E-state index >= 15 is 0 Å². The Morgan fingerprint density at radius 1 is 1.00 bits per heavy atom. The molecule has 0 heterocycles. The molecule has 118 valence electrons. The molecular formula is C19H20NO3+. The van der Waals surface area contributed by atoms with E-state index in [9.17, 15) is 9.59 Å². The summed E-state index contributed by atoms with van der Waals surface area (Å²) in [6, 6.07) is 16.5. The summed E-state index contributed by atoms with van der Waals surface area (Å²) < 4.78 is 0.0524.